The molecule has 3 N–H and O–H groups in total. The molecular formula is C21H30N2O6. The normalized spacial score (nSPS) is 20.2. The Morgan fingerprint density at radius 2 is 1.69 bits per heavy atom. The van der Waals surface area contributed by atoms with Crippen LogP contribution in [0.25, 0.3) is 0 Å². The van der Waals surface area contributed by atoms with Gasteiger partial charge in [0.25, 0.3) is 0 Å². The molecule has 1 fully saturated rings. The van der Waals surface area contributed by atoms with E-state index in [2.05, 4.69) is 10.6 Å². The van der Waals surface area contributed by atoms with Crippen molar-refractivity contribution < 1.29 is 29.0 Å². The van der Waals surface area contributed by atoms with Gasteiger partial charge in [-0.15, -0.1) is 0 Å². The Morgan fingerprint density at radius 1 is 1.07 bits per heavy atom. The van der Waals surface area contributed by atoms with Crippen molar-refractivity contribution in [3.05, 3.63) is 35.9 Å². The van der Waals surface area contributed by atoms with Gasteiger partial charge in [-0.25, -0.2) is 14.4 Å². The third-order valence-electron chi connectivity index (χ3n) is 4.72. The van der Waals surface area contributed by atoms with E-state index in [1.807, 2.05) is 30.3 Å². The fourth-order valence-electron chi connectivity index (χ4n) is 3.34. The summed E-state index contributed by atoms with van der Waals surface area (Å²) in [5.41, 5.74) is 0.207. The summed E-state index contributed by atoms with van der Waals surface area (Å²) in [4.78, 5) is 35.5. The smallest absolute Gasteiger partial charge is 0.408 e. The number of carboxylic acids is 1. The maximum atomic E-state index is 12.0. The minimum Gasteiger partial charge on any atom is -0.480 e. The van der Waals surface area contributed by atoms with Crippen molar-refractivity contribution in [1.29, 1.82) is 0 Å². The Bertz CT molecular complexity index is 693. The number of ether oxygens (including phenoxy) is 2. The topological polar surface area (TPSA) is 114 Å². The maximum absolute atomic E-state index is 12.0. The molecule has 0 unspecified atom stereocenters. The number of carbonyl (C=O) groups excluding carboxylic acids is 2. The van der Waals surface area contributed by atoms with E-state index >= 15 is 0 Å². The molecule has 0 aliphatic heterocycles. The van der Waals surface area contributed by atoms with Crippen LogP contribution < -0.4 is 10.6 Å². The third-order valence-corrected chi connectivity index (χ3v) is 4.72. The number of benzene rings is 1. The molecule has 0 saturated heterocycles. The summed E-state index contributed by atoms with van der Waals surface area (Å²) in [6, 6.07) is 8.31. The highest BCUT2D eigenvalue weighted by atomic mass is 16.6. The lowest BCUT2D eigenvalue weighted by molar-refractivity contribution is -0.141. The van der Waals surface area contributed by atoms with Crippen LogP contribution in [0.2, 0.25) is 0 Å². The largest absolute Gasteiger partial charge is 0.480 e. The number of alkyl carbamates (subject to hydrolysis) is 2. The van der Waals surface area contributed by atoms with Crippen LogP contribution in [0.5, 0.6) is 0 Å². The zero-order valence-electron chi connectivity index (χ0n) is 17.1. The van der Waals surface area contributed by atoms with Crippen LogP contribution in [0.15, 0.2) is 30.3 Å². The minimum absolute atomic E-state index is 0.0782. The first-order valence-electron chi connectivity index (χ1n) is 9.83. The highest BCUT2D eigenvalue weighted by Crippen LogP contribution is 2.27. The van der Waals surface area contributed by atoms with Crippen LogP contribution in [-0.2, 0) is 20.9 Å². The monoisotopic (exact) mass is 406 g/mol. The molecule has 0 spiro atoms. The predicted octanol–water partition coefficient (Wildman–Crippen LogP) is 3.45. The van der Waals surface area contributed by atoms with Crippen LogP contribution in [-0.4, -0.2) is 40.9 Å². The molecular weight excluding hydrogens is 376 g/mol. The second kappa shape index (κ2) is 10.1. The van der Waals surface area contributed by atoms with Crippen molar-refractivity contribution >= 4 is 18.2 Å². The van der Waals surface area contributed by atoms with Gasteiger partial charge in [0.2, 0.25) is 0 Å². The predicted molar refractivity (Wildman–Crippen MR) is 106 cm³/mol. The van der Waals surface area contributed by atoms with Crippen LogP contribution in [0.1, 0.15) is 52.0 Å². The molecule has 0 aromatic heterocycles. The lowest BCUT2D eigenvalue weighted by Crippen LogP contribution is -2.49. The van der Waals surface area contributed by atoms with Crippen LogP contribution in [0, 0.1) is 5.92 Å². The number of aliphatic carboxylic acids is 1. The van der Waals surface area contributed by atoms with E-state index in [1.54, 1.807) is 20.8 Å². The highest BCUT2D eigenvalue weighted by Gasteiger charge is 2.34. The molecule has 0 heterocycles. The Balaban J connectivity index is 1.77. The highest BCUT2D eigenvalue weighted by molar-refractivity contribution is 5.80. The number of hydrogen-bond donors (Lipinski definition) is 3. The first kappa shape index (κ1) is 22.5. The van der Waals surface area contributed by atoms with E-state index in [-0.39, 0.29) is 18.6 Å². The van der Waals surface area contributed by atoms with Gasteiger partial charge < -0.3 is 25.2 Å². The summed E-state index contributed by atoms with van der Waals surface area (Å²) >= 11 is 0. The van der Waals surface area contributed by atoms with Gasteiger partial charge in [-0.1, -0.05) is 30.3 Å². The van der Waals surface area contributed by atoms with Gasteiger partial charge in [0.15, 0.2) is 0 Å². The molecule has 1 saturated carbocycles. The molecule has 2 amide bonds. The van der Waals surface area contributed by atoms with Gasteiger partial charge in [-0.2, -0.15) is 0 Å². The number of hydrogen-bond acceptors (Lipinski definition) is 5. The zero-order chi connectivity index (χ0) is 21.4. The van der Waals surface area contributed by atoms with E-state index in [1.165, 1.54) is 0 Å². The van der Waals surface area contributed by atoms with Gasteiger partial charge >= 0.3 is 18.2 Å². The summed E-state index contributed by atoms with van der Waals surface area (Å²) < 4.78 is 10.4. The molecule has 160 valence electrons. The number of amides is 2. The fraction of sp³-hybridized carbons (Fsp3) is 0.571. The summed E-state index contributed by atoms with van der Waals surface area (Å²) in [6.45, 7) is 5.35. The van der Waals surface area contributed by atoms with Crippen molar-refractivity contribution in [2.75, 3.05) is 0 Å². The van der Waals surface area contributed by atoms with Crippen molar-refractivity contribution in [1.82, 2.24) is 10.6 Å². The third kappa shape index (κ3) is 8.01. The lowest BCUT2D eigenvalue weighted by atomic mass is 9.81. The molecule has 8 heteroatoms. The zero-order valence-corrected chi connectivity index (χ0v) is 17.1. The number of carboxylic acid groups (broad SMARTS) is 1. The first-order chi connectivity index (χ1) is 13.6. The molecule has 29 heavy (non-hydrogen) atoms. The average Bonchev–Trinajstić information content (AvgIpc) is 2.64. The Morgan fingerprint density at radius 3 is 2.24 bits per heavy atom. The molecule has 1 aromatic rings. The molecule has 0 radical (unpaired) electrons. The number of rotatable bonds is 6. The Kier molecular flexibility index (Phi) is 7.87. The van der Waals surface area contributed by atoms with E-state index in [9.17, 15) is 19.5 Å². The Labute approximate surface area is 171 Å². The SMILES string of the molecule is CC(C)(C)OC(=O)N[C@H](C(=O)O)C1CCC(NC(=O)OCc2ccccc2)CC1. The average molecular weight is 406 g/mol. The molecule has 8 nitrogen and oxygen atoms in total. The molecule has 1 aliphatic carbocycles. The second-order valence-electron chi connectivity index (χ2n) is 8.28. The maximum Gasteiger partial charge on any atom is 0.408 e. The van der Waals surface area contributed by atoms with Crippen molar-refractivity contribution in [3.63, 3.8) is 0 Å². The Hall–Kier alpha value is -2.77. The number of nitrogens with one attached hydrogen (secondary N) is 2. The van der Waals surface area contributed by atoms with Gasteiger partial charge in [-0.05, 0) is 57.9 Å². The van der Waals surface area contributed by atoms with E-state index < -0.39 is 29.8 Å². The quantitative estimate of drug-likeness (QED) is 0.667. The van der Waals surface area contributed by atoms with Crippen molar-refractivity contribution in [2.45, 2.75) is 70.7 Å². The van der Waals surface area contributed by atoms with Gasteiger partial charge in [0, 0.05) is 6.04 Å². The van der Waals surface area contributed by atoms with Crippen molar-refractivity contribution in [3.8, 4) is 0 Å². The van der Waals surface area contributed by atoms with Crippen LogP contribution >= 0.6 is 0 Å². The van der Waals surface area contributed by atoms with Crippen molar-refractivity contribution in [2.24, 2.45) is 5.92 Å². The van der Waals surface area contributed by atoms with Gasteiger partial charge in [-0.3, -0.25) is 0 Å². The minimum atomic E-state index is -1.09. The van der Waals surface area contributed by atoms with Crippen LogP contribution in [0.4, 0.5) is 9.59 Å². The van der Waals surface area contributed by atoms with Gasteiger partial charge in [0.05, 0.1) is 0 Å². The summed E-state index contributed by atoms with van der Waals surface area (Å²) in [5.74, 6) is -1.31. The summed E-state index contributed by atoms with van der Waals surface area (Å²) in [6.07, 6.45) is 1.14. The second-order valence-corrected chi connectivity index (χ2v) is 8.28. The lowest BCUT2D eigenvalue weighted by Gasteiger charge is -2.32. The van der Waals surface area contributed by atoms with E-state index in [0.717, 1.165) is 5.56 Å². The number of carbonyl (C=O) groups is 3. The van der Waals surface area contributed by atoms with E-state index in [0.29, 0.717) is 25.7 Å². The molecule has 1 aliphatic rings. The fourth-order valence-corrected chi connectivity index (χ4v) is 3.34. The molecule has 1 aromatic carbocycles. The van der Waals surface area contributed by atoms with Gasteiger partial charge in [0.1, 0.15) is 18.2 Å². The molecule has 1 atom stereocenters. The standard InChI is InChI=1S/C21H30N2O6/c1-21(2,3)29-20(27)23-17(18(24)25)15-9-11-16(12-10-15)22-19(26)28-13-14-7-5-4-6-8-14/h4-8,15-17H,9-13H2,1-3H3,(H,22,26)(H,23,27)(H,24,25)/t15?,16?,17-/m0/s1. The molecule has 2 rings (SSSR count). The van der Waals surface area contributed by atoms with E-state index in [4.69, 9.17) is 9.47 Å². The summed E-state index contributed by atoms with van der Waals surface area (Å²) in [5, 5.41) is 14.8. The van der Waals surface area contributed by atoms with Crippen LogP contribution in [0.3, 0.4) is 0 Å². The summed E-state index contributed by atoms with van der Waals surface area (Å²) in [7, 11) is 0. The first-order valence-corrected chi connectivity index (χ1v) is 9.83. The molecule has 0 bridgehead atoms.